The first-order valence-electron chi connectivity index (χ1n) is 9.07. The van der Waals surface area contributed by atoms with Gasteiger partial charge in [-0.1, -0.05) is 0 Å². The Morgan fingerprint density at radius 1 is 1.11 bits per heavy atom. The Morgan fingerprint density at radius 3 is 2.26 bits per heavy atom. The minimum absolute atomic E-state index is 0. The maximum absolute atomic E-state index is 13.0. The lowest BCUT2D eigenvalue weighted by molar-refractivity contribution is -0.140. The Hall–Kier alpha value is -1.99. The van der Waals surface area contributed by atoms with Crippen LogP contribution in [0.25, 0.3) is 0 Å². The number of hydrogen-bond donors (Lipinski definition) is 1. The van der Waals surface area contributed by atoms with E-state index in [4.69, 9.17) is 9.47 Å². The molecule has 2 aliphatic heterocycles. The van der Waals surface area contributed by atoms with Crippen LogP contribution in [-0.4, -0.2) is 63.7 Å². The largest absolute Gasteiger partial charge is 0.497 e. The van der Waals surface area contributed by atoms with Crippen LogP contribution >= 0.6 is 12.4 Å². The topological polar surface area (TPSA) is 71.1 Å². The van der Waals surface area contributed by atoms with E-state index in [0.717, 1.165) is 31.6 Å². The van der Waals surface area contributed by atoms with E-state index in [1.165, 1.54) is 0 Å². The fourth-order valence-corrected chi connectivity index (χ4v) is 3.74. The molecule has 0 aromatic heterocycles. The molecule has 0 bridgehead atoms. The van der Waals surface area contributed by atoms with Gasteiger partial charge in [0.2, 0.25) is 11.8 Å². The van der Waals surface area contributed by atoms with Crippen LogP contribution in [-0.2, 0) is 9.59 Å². The van der Waals surface area contributed by atoms with E-state index in [9.17, 15) is 9.59 Å². The highest BCUT2D eigenvalue weighted by molar-refractivity contribution is 6.01. The molecule has 2 fully saturated rings. The van der Waals surface area contributed by atoms with Crippen molar-refractivity contribution in [1.82, 2.24) is 10.2 Å². The number of carbonyl (C=O) groups excluding carboxylic acids is 2. The third kappa shape index (κ3) is 4.47. The highest BCUT2D eigenvalue weighted by Crippen LogP contribution is 2.32. The molecule has 27 heavy (non-hydrogen) atoms. The van der Waals surface area contributed by atoms with Gasteiger partial charge in [0.1, 0.15) is 17.5 Å². The summed E-state index contributed by atoms with van der Waals surface area (Å²) in [4.78, 5) is 29.1. The van der Waals surface area contributed by atoms with E-state index in [2.05, 4.69) is 5.32 Å². The maximum Gasteiger partial charge on any atom is 0.249 e. The number of rotatable bonds is 5. The summed E-state index contributed by atoms with van der Waals surface area (Å²) >= 11 is 0. The molecule has 7 nitrogen and oxygen atoms in total. The summed E-state index contributed by atoms with van der Waals surface area (Å²) in [6.07, 6.45) is 2.30. The van der Waals surface area contributed by atoms with Crippen LogP contribution in [0.1, 0.15) is 19.3 Å². The van der Waals surface area contributed by atoms with Crippen LogP contribution in [0, 0.1) is 5.92 Å². The molecule has 1 aromatic rings. The fraction of sp³-hybridized carbons (Fsp3) is 0.579. The molecule has 3 rings (SSSR count). The highest BCUT2D eigenvalue weighted by Gasteiger charge is 2.39. The standard InChI is InChI=1S/C19H27N3O4.ClH/c1-21(18(23)13-4-7-20-8-5-13)17-6-9-22(19(17)24)14-10-15(25-2)12-16(11-14)26-3;/h10-13,17,20H,4-9H2,1-3H3;1H. The number of amides is 2. The normalized spacial score (nSPS) is 20.2. The van der Waals surface area contributed by atoms with Crippen molar-refractivity contribution in [2.75, 3.05) is 45.8 Å². The first-order valence-corrected chi connectivity index (χ1v) is 9.07. The predicted octanol–water partition coefficient (Wildman–Crippen LogP) is 1.69. The van der Waals surface area contributed by atoms with Crippen LogP contribution in [0.2, 0.25) is 0 Å². The number of halogens is 1. The van der Waals surface area contributed by atoms with Gasteiger partial charge in [-0.15, -0.1) is 12.4 Å². The molecule has 0 saturated carbocycles. The lowest BCUT2D eigenvalue weighted by Gasteiger charge is -2.30. The maximum atomic E-state index is 13.0. The Balaban J connectivity index is 0.00000261. The lowest BCUT2D eigenvalue weighted by Crippen LogP contribution is -2.47. The molecule has 8 heteroatoms. The molecular formula is C19H28ClN3O4. The van der Waals surface area contributed by atoms with Crippen molar-refractivity contribution in [2.24, 2.45) is 5.92 Å². The number of ether oxygens (including phenoxy) is 2. The number of nitrogens with one attached hydrogen (secondary N) is 1. The smallest absolute Gasteiger partial charge is 0.249 e. The van der Waals surface area contributed by atoms with Crippen molar-refractivity contribution in [3.8, 4) is 11.5 Å². The number of piperidine rings is 1. The first kappa shape index (κ1) is 21.3. The average Bonchev–Trinajstić information content (AvgIpc) is 3.08. The number of methoxy groups -OCH3 is 2. The van der Waals surface area contributed by atoms with Crippen LogP contribution in [0.4, 0.5) is 5.69 Å². The van der Waals surface area contributed by atoms with Gasteiger partial charge >= 0.3 is 0 Å². The quantitative estimate of drug-likeness (QED) is 0.818. The zero-order valence-electron chi connectivity index (χ0n) is 16.1. The second-order valence-corrected chi connectivity index (χ2v) is 6.84. The van der Waals surface area contributed by atoms with E-state index < -0.39 is 6.04 Å². The minimum atomic E-state index is -0.408. The molecule has 1 aromatic carbocycles. The van der Waals surface area contributed by atoms with E-state index in [0.29, 0.717) is 24.5 Å². The van der Waals surface area contributed by atoms with Gasteiger partial charge < -0.3 is 24.6 Å². The number of carbonyl (C=O) groups is 2. The molecule has 1 N–H and O–H groups in total. The number of anilines is 1. The van der Waals surface area contributed by atoms with E-state index in [-0.39, 0.29) is 30.1 Å². The second kappa shape index (κ2) is 9.28. The van der Waals surface area contributed by atoms with Crippen molar-refractivity contribution < 1.29 is 19.1 Å². The number of benzene rings is 1. The zero-order valence-corrected chi connectivity index (χ0v) is 16.9. The van der Waals surface area contributed by atoms with Gasteiger partial charge in [0.25, 0.3) is 0 Å². The van der Waals surface area contributed by atoms with Gasteiger partial charge in [-0.3, -0.25) is 9.59 Å². The summed E-state index contributed by atoms with van der Waals surface area (Å²) in [6.45, 7) is 2.29. The predicted molar refractivity (Wildman–Crippen MR) is 106 cm³/mol. The zero-order chi connectivity index (χ0) is 18.7. The summed E-state index contributed by atoms with van der Waals surface area (Å²) < 4.78 is 10.6. The molecular weight excluding hydrogens is 370 g/mol. The van der Waals surface area contributed by atoms with E-state index >= 15 is 0 Å². The monoisotopic (exact) mass is 397 g/mol. The average molecular weight is 398 g/mol. The number of likely N-dealkylation sites (N-methyl/N-ethyl adjacent to an activating group) is 1. The van der Waals surface area contributed by atoms with Crippen LogP contribution in [0.3, 0.4) is 0 Å². The summed E-state index contributed by atoms with van der Waals surface area (Å²) in [5.41, 5.74) is 0.733. The molecule has 2 aliphatic rings. The van der Waals surface area contributed by atoms with Gasteiger partial charge in [-0.25, -0.2) is 0 Å². The van der Waals surface area contributed by atoms with Crippen molar-refractivity contribution in [3.05, 3.63) is 18.2 Å². The first-order chi connectivity index (χ1) is 12.5. The fourth-order valence-electron chi connectivity index (χ4n) is 3.74. The van der Waals surface area contributed by atoms with Gasteiger partial charge in [-0.05, 0) is 32.4 Å². The van der Waals surface area contributed by atoms with Gasteiger partial charge in [0.05, 0.1) is 19.9 Å². The number of hydrogen-bond acceptors (Lipinski definition) is 5. The molecule has 0 spiro atoms. The molecule has 2 heterocycles. The SMILES string of the molecule is COc1cc(OC)cc(N2CCC(N(C)C(=O)C3CCNCC3)C2=O)c1.Cl. The summed E-state index contributed by atoms with van der Waals surface area (Å²) in [5, 5.41) is 3.27. The van der Waals surface area contributed by atoms with E-state index in [1.807, 2.05) is 12.1 Å². The molecule has 2 amide bonds. The van der Waals surface area contributed by atoms with Crippen molar-refractivity contribution >= 4 is 29.9 Å². The Morgan fingerprint density at radius 2 is 1.70 bits per heavy atom. The Bertz CT molecular complexity index is 657. The molecule has 1 unspecified atom stereocenters. The summed E-state index contributed by atoms with van der Waals surface area (Å²) in [7, 11) is 4.92. The van der Waals surface area contributed by atoms with Crippen molar-refractivity contribution in [2.45, 2.75) is 25.3 Å². The second-order valence-electron chi connectivity index (χ2n) is 6.84. The van der Waals surface area contributed by atoms with Gasteiger partial charge in [-0.2, -0.15) is 0 Å². The van der Waals surface area contributed by atoms with Crippen LogP contribution in [0.15, 0.2) is 18.2 Å². The molecule has 1 atom stereocenters. The molecule has 0 radical (unpaired) electrons. The van der Waals surface area contributed by atoms with E-state index in [1.54, 1.807) is 37.1 Å². The van der Waals surface area contributed by atoms with Gasteiger partial charge in [0, 0.05) is 37.7 Å². The number of nitrogens with zero attached hydrogens (tertiary/aromatic N) is 2. The third-order valence-corrected chi connectivity index (χ3v) is 5.33. The van der Waals surface area contributed by atoms with Crippen molar-refractivity contribution in [3.63, 3.8) is 0 Å². The molecule has 0 aliphatic carbocycles. The lowest BCUT2D eigenvalue weighted by atomic mass is 9.96. The minimum Gasteiger partial charge on any atom is -0.497 e. The van der Waals surface area contributed by atoms with Crippen LogP contribution < -0.4 is 19.7 Å². The molecule has 150 valence electrons. The van der Waals surface area contributed by atoms with Crippen molar-refractivity contribution in [1.29, 1.82) is 0 Å². The highest BCUT2D eigenvalue weighted by atomic mass is 35.5. The third-order valence-electron chi connectivity index (χ3n) is 5.33. The molecule has 2 saturated heterocycles. The Labute approximate surface area is 166 Å². The summed E-state index contributed by atoms with van der Waals surface area (Å²) in [5.74, 6) is 1.31. The Kier molecular flexibility index (Phi) is 7.33. The van der Waals surface area contributed by atoms with Gasteiger partial charge in [0.15, 0.2) is 0 Å². The summed E-state index contributed by atoms with van der Waals surface area (Å²) in [6, 6.07) is 5.00. The van der Waals surface area contributed by atoms with Crippen LogP contribution in [0.5, 0.6) is 11.5 Å².